The summed E-state index contributed by atoms with van der Waals surface area (Å²) in [5, 5.41) is 3.43. The Balaban J connectivity index is 2.35. The molecule has 1 atom stereocenters. The first-order valence-corrected chi connectivity index (χ1v) is 8.23. The van der Waals surface area contributed by atoms with Gasteiger partial charge in [-0.2, -0.15) is 0 Å². The molecule has 0 fully saturated rings. The maximum Gasteiger partial charge on any atom is 0.249 e. The van der Waals surface area contributed by atoms with E-state index in [4.69, 9.17) is 0 Å². The molecule has 0 aliphatic carbocycles. The van der Waals surface area contributed by atoms with Crippen LogP contribution in [0.1, 0.15) is 36.6 Å². The molecule has 2 aromatic carbocycles. The van der Waals surface area contributed by atoms with Crippen molar-refractivity contribution < 1.29 is 4.79 Å². The first-order chi connectivity index (χ1) is 11.0. The minimum atomic E-state index is -0.364. The molecule has 1 amide bonds. The van der Waals surface area contributed by atoms with E-state index in [0.717, 1.165) is 11.3 Å². The maximum absolute atomic E-state index is 12.9. The smallest absolute Gasteiger partial charge is 0.249 e. The van der Waals surface area contributed by atoms with Gasteiger partial charge in [0.05, 0.1) is 0 Å². The average molecular weight is 310 g/mol. The van der Waals surface area contributed by atoms with Crippen LogP contribution in [0, 0.1) is 13.8 Å². The molecule has 0 aliphatic heterocycles. The first kappa shape index (κ1) is 17.1. The number of likely N-dealkylation sites (N-methyl/N-ethyl adjacent to an activating group) is 1. The second-order valence-corrected chi connectivity index (χ2v) is 5.87. The monoisotopic (exact) mass is 310 g/mol. The summed E-state index contributed by atoms with van der Waals surface area (Å²) in [6, 6.07) is 15.9. The van der Waals surface area contributed by atoms with Gasteiger partial charge in [0.2, 0.25) is 5.91 Å². The van der Waals surface area contributed by atoms with E-state index in [1.807, 2.05) is 49.1 Å². The van der Waals surface area contributed by atoms with Gasteiger partial charge in [0.25, 0.3) is 0 Å². The van der Waals surface area contributed by atoms with Gasteiger partial charge >= 0.3 is 0 Å². The van der Waals surface area contributed by atoms with Crippen molar-refractivity contribution in [3.8, 4) is 0 Å². The molecule has 2 rings (SSSR count). The fourth-order valence-electron chi connectivity index (χ4n) is 2.88. The number of carbonyl (C=O) groups excluding carboxylic acids is 1. The third-order valence-electron chi connectivity index (χ3n) is 3.99. The van der Waals surface area contributed by atoms with Crippen LogP contribution in [0.2, 0.25) is 0 Å². The van der Waals surface area contributed by atoms with Crippen LogP contribution in [0.5, 0.6) is 0 Å². The number of nitrogens with one attached hydrogen (secondary N) is 1. The van der Waals surface area contributed by atoms with E-state index in [1.54, 1.807) is 0 Å². The Morgan fingerprint density at radius 1 is 1.00 bits per heavy atom. The summed E-state index contributed by atoms with van der Waals surface area (Å²) in [5.41, 5.74) is 4.35. The zero-order valence-electron chi connectivity index (χ0n) is 14.5. The van der Waals surface area contributed by atoms with Crippen LogP contribution < -0.4 is 5.32 Å². The second-order valence-electron chi connectivity index (χ2n) is 5.87. The van der Waals surface area contributed by atoms with Crippen molar-refractivity contribution in [2.75, 3.05) is 18.4 Å². The highest BCUT2D eigenvalue weighted by molar-refractivity contribution is 5.86. The summed E-state index contributed by atoms with van der Waals surface area (Å²) in [7, 11) is 0. The molecule has 0 saturated carbocycles. The summed E-state index contributed by atoms with van der Waals surface area (Å²) in [6.45, 7) is 9.60. The summed E-state index contributed by atoms with van der Waals surface area (Å²) in [6.07, 6.45) is 0. The SMILES string of the molecule is CCN(CC)C(=O)[C@H](Nc1cc(C)cc(C)c1)c1ccccc1. The quantitative estimate of drug-likeness (QED) is 0.861. The molecule has 23 heavy (non-hydrogen) atoms. The summed E-state index contributed by atoms with van der Waals surface area (Å²) >= 11 is 0. The Labute approximate surface area is 139 Å². The molecule has 0 radical (unpaired) electrons. The lowest BCUT2D eigenvalue weighted by Crippen LogP contribution is -2.37. The van der Waals surface area contributed by atoms with Crippen LogP contribution in [-0.4, -0.2) is 23.9 Å². The molecule has 0 saturated heterocycles. The van der Waals surface area contributed by atoms with Crippen LogP contribution in [0.25, 0.3) is 0 Å². The van der Waals surface area contributed by atoms with E-state index in [-0.39, 0.29) is 11.9 Å². The second kappa shape index (κ2) is 7.82. The highest BCUT2D eigenvalue weighted by Gasteiger charge is 2.24. The lowest BCUT2D eigenvalue weighted by molar-refractivity contribution is -0.131. The van der Waals surface area contributed by atoms with Crippen LogP contribution in [0.15, 0.2) is 48.5 Å². The molecular formula is C20H26N2O. The maximum atomic E-state index is 12.9. The molecule has 3 heteroatoms. The van der Waals surface area contributed by atoms with Crippen molar-refractivity contribution in [2.45, 2.75) is 33.7 Å². The van der Waals surface area contributed by atoms with Gasteiger partial charge in [-0.3, -0.25) is 4.79 Å². The molecule has 3 nitrogen and oxygen atoms in total. The molecule has 1 N–H and O–H groups in total. The van der Waals surface area contributed by atoms with Crippen LogP contribution in [0.3, 0.4) is 0 Å². The van der Waals surface area contributed by atoms with E-state index >= 15 is 0 Å². The molecule has 0 spiro atoms. The van der Waals surface area contributed by atoms with Crippen LogP contribution in [0.4, 0.5) is 5.69 Å². The fraction of sp³-hybridized carbons (Fsp3) is 0.350. The van der Waals surface area contributed by atoms with Crippen molar-refractivity contribution in [1.82, 2.24) is 4.90 Å². The Morgan fingerprint density at radius 3 is 2.09 bits per heavy atom. The number of aryl methyl sites for hydroxylation is 2. The number of nitrogens with zero attached hydrogens (tertiary/aromatic N) is 1. The summed E-state index contributed by atoms with van der Waals surface area (Å²) in [5.74, 6) is 0.111. The predicted molar refractivity (Wildman–Crippen MR) is 96.6 cm³/mol. The number of amides is 1. The number of carbonyl (C=O) groups is 1. The first-order valence-electron chi connectivity index (χ1n) is 8.23. The summed E-state index contributed by atoms with van der Waals surface area (Å²) < 4.78 is 0. The molecule has 0 aromatic heterocycles. The van der Waals surface area contributed by atoms with E-state index in [1.165, 1.54) is 11.1 Å². The lowest BCUT2D eigenvalue weighted by Gasteiger charge is -2.27. The van der Waals surface area contributed by atoms with Gasteiger partial charge in [-0.15, -0.1) is 0 Å². The standard InChI is InChI=1S/C20H26N2O/c1-5-22(6-2)20(23)19(17-10-8-7-9-11-17)21-18-13-15(3)12-16(4)14-18/h7-14,19,21H,5-6H2,1-4H3/t19-/m1/s1. The predicted octanol–water partition coefficient (Wildman–Crippen LogP) is 4.33. The number of rotatable bonds is 6. The van der Waals surface area contributed by atoms with Gasteiger partial charge in [-0.1, -0.05) is 36.4 Å². The Morgan fingerprint density at radius 2 is 1.57 bits per heavy atom. The lowest BCUT2D eigenvalue weighted by atomic mass is 10.0. The molecule has 0 unspecified atom stereocenters. The topological polar surface area (TPSA) is 32.3 Å². The summed E-state index contributed by atoms with van der Waals surface area (Å²) in [4.78, 5) is 14.8. The Hall–Kier alpha value is -2.29. The minimum Gasteiger partial charge on any atom is -0.370 e. The van der Waals surface area contributed by atoms with Gasteiger partial charge < -0.3 is 10.2 Å². The third kappa shape index (κ3) is 4.35. The molecule has 2 aromatic rings. The molecule has 0 bridgehead atoms. The van der Waals surface area contributed by atoms with Crippen molar-refractivity contribution in [1.29, 1.82) is 0 Å². The largest absolute Gasteiger partial charge is 0.370 e. The Kier molecular flexibility index (Phi) is 5.80. The minimum absolute atomic E-state index is 0.111. The van der Waals surface area contributed by atoms with Crippen molar-refractivity contribution in [2.24, 2.45) is 0 Å². The molecule has 0 aliphatic rings. The van der Waals surface area contributed by atoms with Crippen molar-refractivity contribution in [3.05, 3.63) is 65.2 Å². The van der Waals surface area contributed by atoms with E-state index in [2.05, 4.69) is 37.4 Å². The molecule has 0 heterocycles. The third-order valence-corrected chi connectivity index (χ3v) is 3.99. The van der Waals surface area contributed by atoms with E-state index < -0.39 is 0 Å². The van der Waals surface area contributed by atoms with Crippen molar-refractivity contribution in [3.63, 3.8) is 0 Å². The van der Waals surface area contributed by atoms with Crippen LogP contribution >= 0.6 is 0 Å². The van der Waals surface area contributed by atoms with Crippen molar-refractivity contribution >= 4 is 11.6 Å². The Bertz CT molecular complexity index is 628. The van der Waals surface area contributed by atoms with E-state index in [0.29, 0.717) is 13.1 Å². The number of benzene rings is 2. The van der Waals surface area contributed by atoms with Gasteiger partial charge in [-0.25, -0.2) is 0 Å². The molecule has 122 valence electrons. The number of anilines is 1. The highest BCUT2D eigenvalue weighted by atomic mass is 16.2. The average Bonchev–Trinajstić information content (AvgIpc) is 2.53. The highest BCUT2D eigenvalue weighted by Crippen LogP contribution is 2.23. The van der Waals surface area contributed by atoms with E-state index in [9.17, 15) is 4.79 Å². The van der Waals surface area contributed by atoms with Gasteiger partial charge in [-0.05, 0) is 56.5 Å². The zero-order chi connectivity index (χ0) is 16.8. The normalized spacial score (nSPS) is 11.8. The van der Waals surface area contributed by atoms with Gasteiger partial charge in [0, 0.05) is 18.8 Å². The number of hydrogen-bond donors (Lipinski definition) is 1. The van der Waals surface area contributed by atoms with Crippen LogP contribution in [-0.2, 0) is 4.79 Å². The zero-order valence-corrected chi connectivity index (χ0v) is 14.5. The van der Waals surface area contributed by atoms with Gasteiger partial charge in [0.15, 0.2) is 0 Å². The number of hydrogen-bond acceptors (Lipinski definition) is 2. The molecular weight excluding hydrogens is 284 g/mol. The fourth-order valence-corrected chi connectivity index (χ4v) is 2.88. The van der Waals surface area contributed by atoms with Gasteiger partial charge in [0.1, 0.15) is 6.04 Å².